The molecule has 0 spiro atoms. The molecule has 1 amide bonds. The molecule has 0 aliphatic rings. The van der Waals surface area contributed by atoms with Crippen molar-refractivity contribution in [1.82, 2.24) is 15.5 Å². The highest BCUT2D eigenvalue weighted by Gasteiger charge is 2.17. The van der Waals surface area contributed by atoms with E-state index in [0.717, 1.165) is 11.1 Å². The summed E-state index contributed by atoms with van der Waals surface area (Å²) in [6.07, 6.45) is 4.46. The largest absolute Gasteiger partial charge is 0.472 e. The highest BCUT2D eigenvalue weighted by molar-refractivity contribution is 5.84. The number of nitrogens with one attached hydrogen (secondary N) is 3. The Morgan fingerprint density at radius 1 is 1.43 bits per heavy atom. The second kappa shape index (κ2) is 6.45. The molecular formula is C14H20N4O3. The van der Waals surface area contributed by atoms with Crippen LogP contribution in [0.3, 0.4) is 0 Å². The molecular weight excluding hydrogens is 272 g/mol. The molecule has 0 unspecified atom stereocenters. The van der Waals surface area contributed by atoms with Crippen LogP contribution in [0.5, 0.6) is 0 Å². The monoisotopic (exact) mass is 292 g/mol. The normalized spacial score (nSPS) is 11.4. The number of carbonyl (C=O) groups is 1. The average molecular weight is 292 g/mol. The summed E-state index contributed by atoms with van der Waals surface area (Å²) in [5.41, 5.74) is 1.37. The van der Waals surface area contributed by atoms with Gasteiger partial charge in [-0.15, -0.1) is 0 Å². The summed E-state index contributed by atoms with van der Waals surface area (Å²) in [7, 11) is 0. The van der Waals surface area contributed by atoms with Crippen molar-refractivity contribution >= 4 is 11.9 Å². The molecule has 2 aromatic heterocycles. The molecule has 0 radical (unpaired) electrons. The van der Waals surface area contributed by atoms with Gasteiger partial charge in [-0.1, -0.05) is 0 Å². The lowest BCUT2D eigenvalue weighted by Gasteiger charge is -2.19. The molecule has 0 aromatic carbocycles. The van der Waals surface area contributed by atoms with E-state index in [0.29, 0.717) is 18.9 Å². The Morgan fingerprint density at radius 2 is 2.24 bits per heavy atom. The lowest BCUT2D eigenvalue weighted by Crippen LogP contribution is -2.27. The third kappa shape index (κ3) is 4.96. The van der Waals surface area contributed by atoms with E-state index >= 15 is 0 Å². The molecule has 0 saturated heterocycles. The van der Waals surface area contributed by atoms with Crippen LogP contribution in [0.15, 0.2) is 29.2 Å². The number of ether oxygens (including phenoxy) is 1. The van der Waals surface area contributed by atoms with Crippen molar-refractivity contribution in [3.63, 3.8) is 0 Å². The molecule has 114 valence electrons. The minimum atomic E-state index is -0.538. The molecule has 7 heteroatoms. The summed E-state index contributed by atoms with van der Waals surface area (Å²) in [6.45, 7) is 6.67. The molecule has 3 N–H and O–H groups in total. The topological polar surface area (TPSA) is 92.2 Å². The lowest BCUT2D eigenvalue weighted by atomic mass is 10.2. The van der Waals surface area contributed by atoms with Crippen LogP contribution in [0.1, 0.15) is 31.9 Å². The Balaban J connectivity index is 1.85. The van der Waals surface area contributed by atoms with E-state index in [1.54, 1.807) is 18.7 Å². The number of carbonyl (C=O) groups excluding carboxylic acids is 1. The maximum atomic E-state index is 11.7. The second-order valence-electron chi connectivity index (χ2n) is 5.63. The van der Waals surface area contributed by atoms with E-state index < -0.39 is 11.7 Å². The van der Waals surface area contributed by atoms with Crippen molar-refractivity contribution in [3.8, 4) is 0 Å². The quantitative estimate of drug-likeness (QED) is 0.788. The van der Waals surface area contributed by atoms with Gasteiger partial charge in [0.1, 0.15) is 11.4 Å². The van der Waals surface area contributed by atoms with Crippen LogP contribution in [0.4, 0.5) is 10.6 Å². The second-order valence-corrected chi connectivity index (χ2v) is 5.63. The minimum Gasteiger partial charge on any atom is -0.472 e. The third-order valence-corrected chi connectivity index (χ3v) is 2.57. The Bertz CT molecular complexity index is 569. The van der Waals surface area contributed by atoms with Gasteiger partial charge in [0.05, 0.1) is 18.7 Å². The summed E-state index contributed by atoms with van der Waals surface area (Å²) in [5, 5.41) is 12.6. The molecule has 2 heterocycles. The highest BCUT2D eigenvalue weighted by atomic mass is 16.6. The zero-order chi connectivity index (χ0) is 15.3. The number of amides is 1. The van der Waals surface area contributed by atoms with Crippen molar-refractivity contribution in [2.45, 2.75) is 39.5 Å². The van der Waals surface area contributed by atoms with Crippen LogP contribution < -0.4 is 10.6 Å². The molecule has 2 aromatic rings. The summed E-state index contributed by atoms with van der Waals surface area (Å²) >= 11 is 0. The van der Waals surface area contributed by atoms with Gasteiger partial charge in [-0.3, -0.25) is 10.4 Å². The summed E-state index contributed by atoms with van der Waals surface area (Å²) in [6, 6.07) is 1.89. The Morgan fingerprint density at radius 3 is 2.90 bits per heavy atom. The van der Waals surface area contributed by atoms with Crippen LogP contribution in [0.2, 0.25) is 0 Å². The molecule has 0 bridgehead atoms. The first kappa shape index (κ1) is 15.1. The summed E-state index contributed by atoms with van der Waals surface area (Å²) in [4.78, 5) is 11.7. The Labute approximate surface area is 123 Å². The lowest BCUT2D eigenvalue weighted by molar-refractivity contribution is 0.0635. The predicted molar refractivity (Wildman–Crippen MR) is 77.7 cm³/mol. The molecule has 0 fully saturated rings. The number of aromatic amines is 1. The molecule has 0 aliphatic carbocycles. The minimum absolute atomic E-state index is 0.511. The molecule has 21 heavy (non-hydrogen) atoms. The first-order valence-corrected chi connectivity index (χ1v) is 6.68. The zero-order valence-corrected chi connectivity index (χ0v) is 12.4. The Kier molecular flexibility index (Phi) is 4.64. The SMILES string of the molecule is CC(C)(C)OC(=O)Nc1[nH]ncc1CNCc1ccoc1. The number of rotatable bonds is 5. The van der Waals surface area contributed by atoms with Crippen LogP contribution in [0.25, 0.3) is 0 Å². The fraction of sp³-hybridized carbons (Fsp3) is 0.429. The van der Waals surface area contributed by atoms with Crippen molar-refractivity contribution < 1.29 is 13.9 Å². The van der Waals surface area contributed by atoms with Gasteiger partial charge < -0.3 is 14.5 Å². The van der Waals surface area contributed by atoms with E-state index in [1.807, 2.05) is 26.8 Å². The van der Waals surface area contributed by atoms with Crippen molar-refractivity contribution in [3.05, 3.63) is 35.9 Å². The standard InChI is InChI=1S/C14H20N4O3/c1-14(2,3)21-13(19)17-12-11(8-16-18-12)7-15-6-10-4-5-20-9-10/h4-5,8-9,15H,6-7H2,1-3H3,(H2,16,17,18,19). The van der Waals surface area contributed by atoms with Crippen LogP contribution in [-0.4, -0.2) is 21.9 Å². The third-order valence-electron chi connectivity index (χ3n) is 2.57. The zero-order valence-electron chi connectivity index (χ0n) is 12.4. The number of H-pyrrole nitrogens is 1. The van der Waals surface area contributed by atoms with Crippen LogP contribution in [-0.2, 0) is 17.8 Å². The number of hydrogen-bond acceptors (Lipinski definition) is 5. The van der Waals surface area contributed by atoms with Gasteiger partial charge >= 0.3 is 6.09 Å². The number of aromatic nitrogens is 2. The van der Waals surface area contributed by atoms with Crippen LogP contribution in [0, 0.1) is 0 Å². The van der Waals surface area contributed by atoms with E-state index in [-0.39, 0.29) is 0 Å². The fourth-order valence-electron chi connectivity index (χ4n) is 1.69. The van der Waals surface area contributed by atoms with Gasteiger partial charge in [0, 0.05) is 24.2 Å². The molecule has 7 nitrogen and oxygen atoms in total. The first-order valence-electron chi connectivity index (χ1n) is 6.68. The summed E-state index contributed by atoms with van der Waals surface area (Å²) in [5.74, 6) is 0.531. The smallest absolute Gasteiger partial charge is 0.413 e. The van der Waals surface area contributed by atoms with Gasteiger partial charge in [0.15, 0.2) is 0 Å². The molecule has 0 saturated carbocycles. The van der Waals surface area contributed by atoms with Crippen molar-refractivity contribution in [2.75, 3.05) is 5.32 Å². The van der Waals surface area contributed by atoms with Gasteiger partial charge in [-0.2, -0.15) is 5.10 Å². The number of anilines is 1. The average Bonchev–Trinajstić information content (AvgIpc) is 2.99. The van der Waals surface area contributed by atoms with Gasteiger partial charge in [-0.05, 0) is 26.8 Å². The molecule has 0 atom stereocenters. The maximum Gasteiger partial charge on any atom is 0.413 e. The van der Waals surface area contributed by atoms with E-state index in [4.69, 9.17) is 9.15 Å². The van der Waals surface area contributed by atoms with E-state index in [2.05, 4.69) is 20.8 Å². The summed E-state index contributed by atoms with van der Waals surface area (Å²) < 4.78 is 10.2. The maximum absolute atomic E-state index is 11.7. The number of nitrogens with zero attached hydrogens (tertiary/aromatic N) is 1. The van der Waals surface area contributed by atoms with E-state index in [9.17, 15) is 4.79 Å². The Hall–Kier alpha value is -2.28. The highest BCUT2D eigenvalue weighted by Crippen LogP contribution is 2.14. The predicted octanol–water partition coefficient (Wildman–Crippen LogP) is 2.64. The van der Waals surface area contributed by atoms with Gasteiger partial charge in [0.2, 0.25) is 0 Å². The molecule has 2 rings (SSSR count). The number of hydrogen-bond donors (Lipinski definition) is 3. The van der Waals surface area contributed by atoms with Crippen LogP contribution >= 0.6 is 0 Å². The van der Waals surface area contributed by atoms with Gasteiger partial charge in [0.25, 0.3) is 0 Å². The first-order chi connectivity index (χ1) is 9.94. The van der Waals surface area contributed by atoms with Crippen molar-refractivity contribution in [2.24, 2.45) is 0 Å². The van der Waals surface area contributed by atoms with Crippen molar-refractivity contribution in [1.29, 1.82) is 0 Å². The fourth-order valence-corrected chi connectivity index (χ4v) is 1.69. The van der Waals surface area contributed by atoms with E-state index in [1.165, 1.54) is 0 Å². The number of furan rings is 1. The van der Waals surface area contributed by atoms with Gasteiger partial charge in [-0.25, -0.2) is 4.79 Å². The molecule has 0 aliphatic heterocycles.